The largest absolute Gasteiger partial charge is 0.479 e. The summed E-state index contributed by atoms with van der Waals surface area (Å²) >= 11 is 0. The SMILES string of the molecule is O=C(O)C1c2ccccc2CN1c1ccccc1. The van der Waals surface area contributed by atoms with Gasteiger partial charge in [0.05, 0.1) is 0 Å². The standard InChI is InChI=1S/C15H13NO2/c17-15(18)14-13-9-5-4-6-11(13)10-16(14)12-7-2-1-3-8-12/h1-9,14H,10H2,(H,17,18). The Morgan fingerprint density at radius 3 is 2.44 bits per heavy atom. The number of rotatable bonds is 2. The fraction of sp³-hybridized carbons (Fsp3) is 0.133. The Bertz CT molecular complexity index is 580. The first-order valence-corrected chi connectivity index (χ1v) is 5.89. The second kappa shape index (κ2) is 4.18. The number of hydrogen-bond donors (Lipinski definition) is 1. The average molecular weight is 239 g/mol. The number of fused-ring (bicyclic) bond motifs is 1. The molecule has 0 spiro atoms. The lowest BCUT2D eigenvalue weighted by atomic mass is 10.1. The van der Waals surface area contributed by atoms with E-state index in [1.807, 2.05) is 59.5 Å². The van der Waals surface area contributed by atoms with Crippen molar-refractivity contribution in [3.8, 4) is 0 Å². The van der Waals surface area contributed by atoms with Gasteiger partial charge in [0.2, 0.25) is 0 Å². The summed E-state index contributed by atoms with van der Waals surface area (Å²) in [5.74, 6) is -0.802. The molecular weight excluding hydrogens is 226 g/mol. The zero-order valence-electron chi connectivity index (χ0n) is 9.78. The lowest BCUT2D eigenvalue weighted by Crippen LogP contribution is -2.27. The van der Waals surface area contributed by atoms with Gasteiger partial charge in [-0.1, -0.05) is 42.5 Å². The lowest BCUT2D eigenvalue weighted by molar-refractivity contribution is -0.138. The molecule has 2 aromatic rings. The maximum Gasteiger partial charge on any atom is 0.331 e. The van der Waals surface area contributed by atoms with Crippen molar-refractivity contribution in [1.29, 1.82) is 0 Å². The first kappa shape index (κ1) is 10.8. The van der Waals surface area contributed by atoms with Crippen LogP contribution in [0.1, 0.15) is 17.2 Å². The minimum Gasteiger partial charge on any atom is -0.479 e. The molecule has 2 aromatic carbocycles. The third kappa shape index (κ3) is 1.64. The van der Waals surface area contributed by atoms with Crippen LogP contribution in [0.2, 0.25) is 0 Å². The molecule has 1 atom stereocenters. The van der Waals surface area contributed by atoms with Gasteiger partial charge in [0, 0.05) is 12.2 Å². The predicted octanol–water partition coefficient (Wildman–Crippen LogP) is 2.83. The molecule has 0 radical (unpaired) electrons. The maximum atomic E-state index is 11.5. The number of anilines is 1. The molecule has 1 aliphatic heterocycles. The first-order chi connectivity index (χ1) is 8.77. The Morgan fingerprint density at radius 1 is 1.06 bits per heavy atom. The van der Waals surface area contributed by atoms with E-state index in [-0.39, 0.29) is 0 Å². The summed E-state index contributed by atoms with van der Waals surface area (Å²) in [4.78, 5) is 13.4. The van der Waals surface area contributed by atoms with E-state index in [1.165, 1.54) is 0 Å². The van der Waals surface area contributed by atoms with Crippen molar-refractivity contribution in [2.45, 2.75) is 12.6 Å². The monoisotopic (exact) mass is 239 g/mol. The van der Waals surface area contributed by atoms with Gasteiger partial charge in [-0.3, -0.25) is 0 Å². The first-order valence-electron chi connectivity index (χ1n) is 5.89. The van der Waals surface area contributed by atoms with Crippen LogP contribution >= 0.6 is 0 Å². The molecule has 0 fully saturated rings. The second-order valence-corrected chi connectivity index (χ2v) is 4.40. The molecule has 0 saturated carbocycles. The molecule has 3 rings (SSSR count). The van der Waals surface area contributed by atoms with Crippen molar-refractivity contribution in [3.63, 3.8) is 0 Å². The van der Waals surface area contributed by atoms with E-state index in [4.69, 9.17) is 0 Å². The number of carbonyl (C=O) groups is 1. The Kier molecular flexibility index (Phi) is 2.52. The number of hydrogen-bond acceptors (Lipinski definition) is 2. The van der Waals surface area contributed by atoms with Crippen molar-refractivity contribution in [2.24, 2.45) is 0 Å². The zero-order valence-corrected chi connectivity index (χ0v) is 9.78. The van der Waals surface area contributed by atoms with Gasteiger partial charge in [-0.05, 0) is 23.3 Å². The molecular formula is C15H13NO2. The number of nitrogens with zero attached hydrogens (tertiary/aromatic N) is 1. The van der Waals surface area contributed by atoms with Crippen molar-refractivity contribution in [3.05, 3.63) is 65.7 Å². The number of aliphatic carboxylic acids is 1. The fourth-order valence-electron chi connectivity index (χ4n) is 2.51. The zero-order chi connectivity index (χ0) is 12.5. The van der Waals surface area contributed by atoms with E-state index in [0.717, 1.165) is 16.8 Å². The highest BCUT2D eigenvalue weighted by Crippen LogP contribution is 2.37. The number of carboxylic acid groups (broad SMARTS) is 1. The molecule has 0 amide bonds. The van der Waals surface area contributed by atoms with E-state index in [9.17, 15) is 9.90 Å². The summed E-state index contributed by atoms with van der Waals surface area (Å²) in [6.45, 7) is 0.650. The third-order valence-corrected chi connectivity index (χ3v) is 3.32. The third-order valence-electron chi connectivity index (χ3n) is 3.32. The topological polar surface area (TPSA) is 40.5 Å². The van der Waals surface area contributed by atoms with E-state index < -0.39 is 12.0 Å². The molecule has 3 nitrogen and oxygen atoms in total. The summed E-state index contributed by atoms with van der Waals surface area (Å²) in [6, 6.07) is 16.8. The van der Waals surface area contributed by atoms with Gasteiger partial charge >= 0.3 is 5.97 Å². The molecule has 1 N–H and O–H groups in total. The van der Waals surface area contributed by atoms with Gasteiger partial charge in [-0.25, -0.2) is 4.79 Å². The van der Waals surface area contributed by atoms with Crippen molar-refractivity contribution >= 4 is 11.7 Å². The van der Waals surface area contributed by atoms with E-state index in [2.05, 4.69) is 0 Å². The highest BCUT2D eigenvalue weighted by molar-refractivity contribution is 5.82. The maximum absolute atomic E-state index is 11.5. The highest BCUT2D eigenvalue weighted by Gasteiger charge is 2.35. The molecule has 0 bridgehead atoms. The predicted molar refractivity (Wildman–Crippen MR) is 69.4 cm³/mol. The minimum atomic E-state index is -0.802. The van der Waals surface area contributed by atoms with Crippen LogP contribution in [-0.2, 0) is 11.3 Å². The van der Waals surface area contributed by atoms with E-state index in [0.29, 0.717) is 6.54 Å². The van der Waals surface area contributed by atoms with Gasteiger partial charge in [-0.2, -0.15) is 0 Å². The van der Waals surface area contributed by atoms with E-state index >= 15 is 0 Å². The molecule has 0 aromatic heterocycles. The summed E-state index contributed by atoms with van der Waals surface area (Å²) in [5, 5.41) is 9.45. The van der Waals surface area contributed by atoms with Crippen LogP contribution in [0.5, 0.6) is 0 Å². The molecule has 1 aliphatic rings. The number of carboxylic acids is 1. The Hall–Kier alpha value is -2.29. The van der Waals surface area contributed by atoms with Crippen molar-refractivity contribution in [1.82, 2.24) is 0 Å². The van der Waals surface area contributed by atoms with Gasteiger partial charge in [0.15, 0.2) is 6.04 Å². The summed E-state index contributed by atoms with van der Waals surface area (Å²) < 4.78 is 0. The van der Waals surface area contributed by atoms with Crippen LogP contribution in [0, 0.1) is 0 Å². The van der Waals surface area contributed by atoms with Gasteiger partial charge < -0.3 is 10.0 Å². The van der Waals surface area contributed by atoms with Crippen LogP contribution in [0.3, 0.4) is 0 Å². The minimum absolute atomic E-state index is 0.580. The molecule has 1 unspecified atom stereocenters. The van der Waals surface area contributed by atoms with E-state index in [1.54, 1.807) is 0 Å². The van der Waals surface area contributed by atoms with Gasteiger partial charge in [0.1, 0.15) is 0 Å². The van der Waals surface area contributed by atoms with Gasteiger partial charge in [0.25, 0.3) is 0 Å². The molecule has 0 saturated heterocycles. The average Bonchev–Trinajstić information content (AvgIpc) is 2.79. The van der Waals surface area contributed by atoms with Crippen LogP contribution in [0.15, 0.2) is 54.6 Å². The number of para-hydroxylation sites is 1. The Balaban J connectivity index is 2.06. The van der Waals surface area contributed by atoms with Crippen LogP contribution in [-0.4, -0.2) is 11.1 Å². The molecule has 0 aliphatic carbocycles. The normalized spacial score (nSPS) is 17.6. The lowest BCUT2D eigenvalue weighted by Gasteiger charge is -2.23. The smallest absolute Gasteiger partial charge is 0.331 e. The molecule has 1 heterocycles. The fourth-order valence-corrected chi connectivity index (χ4v) is 2.51. The molecule has 90 valence electrons. The highest BCUT2D eigenvalue weighted by atomic mass is 16.4. The van der Waals surface area contributed by atoms with Crippen LogP contribution in [0.4, 0.5) is 5.69 Å². The summed E-state index contributed by atoms with van der Waals surface area (Å²) in [5.41, 5.74) is 2.93. The summed E-state index contributed by atoms with van der Waals surface area (Å²) in [7, 11) is 0. The summed E-state index contributed by atoms with van der Waals surface area (Å²) in [6.07, 6.45) is 0. The Labute approximate surface area is 105 Å². The van der Waals surface area contributed by atoms with Gasteiger partial charge in [-0.15, -0.1) is 0 Å². The molecule has 18 heavy (non-hydrogen) atoms. The number of benzene rings is 2. The molecule has 3 heteroatoms. The Morgan fingerprint density at radius 2 is 1.72 bits per heavy atom. The van der Waals surface area contributed by atoms with Crippen LogP contribution < -0.4 is 4.90 Å². The van der Waals surface area contributed by atoms with Crippen molar-refractivity contribution in [2.75, 3.05) is 4.90 Å². The quantitative estimate of drug-likeness (QED) is 0.876. The van der Waals surface area contributed by atoms with Crippen LogP contribution in [0.25, 0.3) is 0 Å². The second-order valence-electron chi connectivity index (χ2n) is 4.40. The van der Waals surface area contributed by atoms with Crippen molar-refractivity contribution < 1.29 is 9.90 Å².